The van der Waals surface area contributed by atoms with Gasteiger partial charge in [-0.25, -0.2) is 4.79 Å². The second-order valence-corrected chi connectivity index (χ2v) is 1.99. The van der Waals surface area contributed by atoms with Gasteiger partial charge in [-0.15, -0.1) is 0 Å². The van der Waals surface area contributed by atoms with E-state index in [1.807, 2.05) is 5.32 Å². The predicted octanol–water partition coefficient (Wildman–Crippen LogP) is -4.43. The van der Waals surface area contributed by atoms with Crippen LogP contribution < -0.4 is 24.2 Å². The van der Waals surface area contributed by atoms with E-state index < -0.39 is 24.1 Å². The van der Waals surface area contributed by atoms with Crippen LogP contribution in [0.3, 0.4) is 0 Å². The van der Waals surface area contributed by atoms with Crippen molar-refractivity contribution >= 4 is 11.9 Å². The topological polar surface area (TPSA) is 107 Å². The Balaban J connectivity index is -0.000000500. The summed E-state index contributed by atoms with van der Waals surface area (Å²) in [5.74, 6) is -2.99. The molecule has 0 saturated carbocycles. The smallest absolute Gasteiger partial charge is 1.00 e. The number of carboxylic acid groups (broad SMARTS) is 2. The van der Waals surface area contributed by atoms with Gasteiger partial charge in [0.1, 0.15) is 0 Å². The van der Waals surface area contributed by atoms with E-state index in [1.54, 1.807) is 0 Å². The normalized spacial score (nSPS) is 14.2. The Labute approximate surface area is 82.2 Å². The first kappa shape index (κ1) is 14.0. The van der Waals surface area contributed by atoms with E-state index in [4.69, 9.17) is 15.3 Å². The first-order chi connectivity index (χ1) is 4.92. The van der Waals surface area contributed by atoms with Crippen LogP contribution in [0.4, 0.5) is 0 Å². The van der Waals surface area contributed by atoms with E-state index in [0.717, 1.165) is 7.05 Å². The number of likely N-dealkylation sites (N-methyl/N-ethyl adjacent to an activating group) is 1. The van der Waals surface area contributed by atoms with Gasteiger partial charge >= 0.3 is 30.8 Å². The van der Waals surface area contributed by atoms with E-state index in [-0.39, 0.29) is 20.3 Å². The largest absolute Gasteiger partial charge is 1.00 e. The monoisotopic (exact) mass is 171 g/mol. The van der Waals surface area contributed by atoms with Crippen molar-refractivity contribution in [1.82, 2.24) is 5.32 Å². The minimum atomic E-state index is -2.37. The summed E-state index contributed by atoms with van der Waals surface area (Å²) in [6.45, 7) is 0. The molecule has 0 radical (unpaired) electrons. The SMILES string of the molecule is CN[C@@](O)(CC(=O)O)C(=O)O.[H-].[Li+]. The van der Waals surface area contributed by atoms with Gasteiger partial charge in [0.15, 0.2) is 0 Å². The fourth-order valence-electron chi connectivity index (χ4n) is 0.490. The molecule has 0 aromatic carbocycles. The second kappa shape index (κ2) is 5.16. The zero-order chi connectivity index (χ0) is 9.07. The fraction of sp³-hybridized carbons (Fsp3) is 0.600. The summed E-state index contributed by atoms with van der Waals surface area (Å²) >= 11 is 0. The Kier molecular flexibility index (Phi) is 6.03. The van der Waals surface area contributed by atoms with Gasteiger partial charge in [0, 0.05) is 0 Å². The van der Waals surface area contributed by atoms with Gasteiger partial charge in [0.2, 0.25) is 5.72 Å². The van der Waals surface area contributed by atoms with E-state index in [1.165, 1.54) is 0 Å². The molecule has 1 atom stereocenters. The van der Waals surface area contributed by atoms with E-state index >= 15 is 0 Å². The number of hydrogen-bond acceptors (Lipinski definition) is 4. The molecule has 0 heterocycles. The molecular weight excluding hydrogens is 161 g/mol. The molecule has 0 aromatic rings. The summed E-state index contributed by atoms with van der Waals surface area (Å²) in [7, 11) is 1.16. The van der Waals surface area contributed by atoms with Crippen molar-refractivity contribution in [1.29, 1.82) is 0 Å². The second-order valence-electron chi connectivity index (χ2n) is 1.99. The Morgan fingerprint density at radius 1 is 1.50 bits per heavy atom. The van der Waals surface area contributed by atoms with Crippen LogP contribution in [0.15, 0.2) is 0 Å². The Bertz CT molecular complexity index is 190. The molecule has 12 heavy (non-hydrogen) atoms. The van der Waals surface area contributed by atoms with E-state index in [0.29, 0.717) is 0 Å². The first-order valence-electron chi connectivity index (χ1n) is 2.79. The van der Waals surface area contributed by atoms with Crippen molar-refractivity contribution in [2.75, 3.05) is 7.05 Å². The third kappa shape index (κ3) is 3.74. The van der Waals surface area contributed by atoms with Crippen molar-refractivity contribution in [2.45, 2.75) is 12.1 Å². The van der Waals surface area contributed by atoms with Crippen LogP contribution >= 0.6 is 0 Å². The number of hydrogen-bond donors (Lipinski definition) is 4. The molecule has 0 fully saturated rings. The van der Waals surface area contributed by atoms with Crippen molar-refractivity contribution in [3.05, 3.63) is 0 Å². The number of rotatable bonds is 4. The van der Waals surface area contributed by atoms with Crippen LogP contribution in [-0.4, -0.2) is 40.0 Å². The molecule has 0 aliphatic heterocycles. The van der Waals surface area contributed by atoms with Gasteiger partial charge in [-0.1, -0.05) is 0 Å². The molecule has 0 spiro atoms. The summed E-state index contributed by atoms with van der Waals surface area (Å²) in [4.78, 5) is 20.2. The van der Waals surface area contributed by atoms with Crippen molar-refractivity contribution in [3.8, 4) is 0 Å². The standard InChI is InChI=1S/C5H9NO5.Li.H/c1-6-5(11,4(9)10)2-3(7)8;;/h6,11H,2H2,1H3,(H,7,8)(H,9,10);;/q;+1;-1/t5-;;/m1../s1. The minimum Gasteiger partial charge on any atom is -1.00 e. The molecule has 0 aliphatic carbocycles. The molecule has 7 heteroatoms. The van der Waals surface area contributed by atoms with E-state index in [9.17, 15) is 9.59 Å². The molecule has 0 rings (SSSR count). The fourth-order valence-corrected chi connectivity index (χ4v) is 0.490. The molecule has 0 aliphatic rings. The number of carbonyl (C=O) groups is 2. The maximum absolute atomic E-state index is 10.2. The van der Waals surface area contributed by atoms with Gasteiger partial charge in [-0.3, -0.25) is 10.1 Å². The Hall–Kier alpha value is -0.543. The van der Waals surface area contributed by atoms with Gasteiger partial charge in [-0.2, -0.15) is 0 Å². The molecule has 0 unspecified atom stereocenters. The number of aliphatic carboxylic acids is 2. The van der Waals surface area contributed by atoms with E-state index in [2.05, 4.69) is 0 Å². The minimum absolute atomic E-state index is 0. The summed E-state index contributed by atoms with van der Waals surface area (Å²) in [5.41, 5.74) is -2.37. The number of aliphatic hydroxyl groups is 1. The van der Waals surface area contributed by atoms with Crippen LogP contribution in [0.25, 0.3) is 0 Å². The van der Waals surface area contributed by atoms with Crippen LogP contribution in [0.2, 0.25) is 0 Å². The zero-order valence-corrected chi connectivity index (χ0v) is 6.87. The molecule has 0 bridgehead atoms. The third-order valence-electron chi connectivity index (χ3n) is 1.17. The molecule has 6 nitrogen and oxygen atoms in total. The summed E-state index contributed by atoms with van der Waals surface area (Å²) in [5, 5.41) is 27.4. The van der Waals surface area contributed by atoms with Gasteiger partial charge < -0.3 is 16.7 Å². The summed E-state index contributed by atoms with van der Waals surface area (Å²) in [6.07, 6.45) is -0.876. The molecule has 0 saturated heterocycles. The summed E-state index contributed by atoms with van der Waals surface area (Å²) in [6, 6.07) is 0. The van der Waals surface area contributed by atoms with Crippen molar-refractivity contribution in [3.63, 3.8) is 0 Å². The van der Waals surface area contributed by atoms with Crippen LogP contribution in [0.1, 0.15) is 7.85 Å². The average Bonchev–Trinajstić information content (AvgIpc) is 1.86. The first-order valence-corrected chi connectivity index (χ1v) is 2.79. The quantitative estimate of drug-likeness (QED) is 0.251. The molecular formula is C5H10LiNO5. The Morgan fingerprint density at radius 2 is 1.92 bits per heavy atom. The number of carboxylic acids is 2. The number of nitrogens with one attached hydrogen (secondary N) is 1. The molecule has 66 valence electrons. The summed E-state index contributed by atoms with van der Waals surface area (Å²) < 4.78 is 0. The molecule has 0 amide bonds. The Morgan fingerprint density at radius 3 is 2.00 bits per heavy atom. The van der Waals surface area contributed by atoms with Crippen LogP contribution in [0.5, 0.6) is 0 Å². The predicted molar refractivity (Wildman–Crippen MR) is 35.0 cm³/mol. The van der Waals surface area contributed by atoms with Gasteiger partial charge in [-0.05, 0) is 7.05 Å². The van der Waals surface area contributed by atoms with Crippen molar-refractivity contribution in [2.24, 2.45) is 0 Å². The van der Waals surface area contributed by atoms with Gasteiger partial charge in [0.25, 0.3) is 0 Å². The van der Waals surface area contributed by atoms with Crippen molar-refractivity contribution < 1.29 is 45.2 Å². The zero-order valence-electron chi connectivity index (χ0n) is 7.87. The van der Waals surface area contributed by atoms with Gasteiger partial charge in [0.05, 0.1) is 6.42 Å². The van der Waals surface area contributed by atoms with Crippen LogP contribution in [-0.2, 0) is 9.59 Å². The van der Waals surface area contributed by atoms with Crippen LogP contribution in [0, 0.1) is 0 Å². The molecule has 4 N–H and O–H groups in total. The average molecular weight is 171 g/mol. The molecule has 0 aromatic heterocycles. The third-order valence-corrected chi connectivity index (χ3v) is 1.17. The maximum atomic E-state index is 10.2. The maximum Gasteiger partial charge on any atom is 1.00 e.